The van der Waals surface area contributed by atoms with Crippen LogP contribution in [-0.2, 0) is 24.2 Å². The Balaban J connectivity index is 1.31. The molecule has 1 amide bonds. The number of hydrogen-bond donors (Lipinski definition) is 1. The molecule has 3 aromatic carbocycles. The lowest BCUT2D eigenvalue weighted by Gasteiger charge is -2.13. The number of ether oxygens (including phenoxy) is 1. The monoisotopic (exact) mass is 489 g/mol. The summed E-state index contributed by atoms with van der Waals surface area (Å²) < 4.78 is 8.28. The first-order valence-corrected chi connectivity index (χ1v) is 12.5. The van der Waals surface area contributed by atoms with Crippen LogP contribution in [0.15, 0.2) is 66.7 Å². The quantitative estimate of drug-likeness (QED) is 0.260. The Morgan fingerprint density at radius 2 is 1.71 bits per heavy atom. The summed E-state index contributed by atoms with van der Waals surface area (Å²) in [4.78, 5) is 17.1. The number of carbonyl (C=O) groups excluding carboxylic acids is 1. The van der Waals surface area contributed by atoms with Crippen molar-refractivity contribution in [2.45, 2.75) is 46.1 Å². The lowest BCUT2D eigenvalue weighted by atomic mass is 10.1. The number of benzene rings is 3. The number of hydrogen-bond acceptors (Lipinski definition) is 3. The maximum absolute atomic E-state index is 12.2. The van der Waals surface area contributed by atoms with Crippen molar-refractivity contribution >= 4 is 28.5 Å². The van der Waals surface area contributed by atoms with Crippen LogP contribution in [0.3, 0.4) is 0 Å². The van der Waals surface area contributed by atoms with Gasteiger partial charge in [0.25, 0.3) is 0 Å². The predicted octanol–water partition coefficient (Wildman–Crippen LogP) is 6.07. The SMILES string of the molecule is Cc1cc(OCCn2c(CCCNC(=O)CCc3ccccc3)nc3ccccc32)cc(C)c1Cl. The van der Waals surface area contributed by atoms with Crippen molar-refractivity contribution in [2.75, 3.05) is 13.2 Å². The van der Waals surface area contributed by atoms with Gasteiger partial charge in [-0.1, -0.05) is 54.1 Å². The predicted molar refractivity (Wildman–Crippen MR) is 142 cm³/mol. The number of nitrogens with zero attached hydrogens (tertiary/aromatic N) is 2. The third kappa shape index (κ3) is 6.64. The Morgan fingerprint density at radius 3 is 2.49 bits per heavy atom. The molecule has 35 heavy (non-hydrogen) atoms. The molecule has 0 unspecified atom stereocenters. The van der Waals surface area contributed by atoms with Gasteiger partial charge in [-0.25, -0.2) is 4.98 Å². The smallest absolute Gasteiger partial charge is 0.220 e. The van der Waals surface area contributed by atoms with Gasteiger partial charge in [0.15, 0.2) is 0 Å². The maximum atomic E-state index is 12.2. The van der Waals surface area contributed by atoms with Gasteiger partial charge in [0.2, 0.25) is 5.91 Å². The van der Waals surface area contributed by atoms with Gasteiger partial charge in [-0.15, -0.1) is 0 Å². The molecule has 0 bridgehead atoms. The van der Waals surface area contributed by atoms with Crippen molar-refractivity contribution < 1.29 is 9.53 Å². The van der Waals surface area contributed by atoms with Crippen LogP contribution in [0.25, 0.3) is 11.0 Å². The number of aromatic nitrogens is 2. The Morgan fingerprint density at radius 1 is 1.00 bits per heavy atom. The number of amides is 1. The molecule has 5 nitrogen and oxygen atoms in total. The third-order valence-electron chi connectivity index (χ3n) is 6.11. The summed E-state index contributed by atoms with van der Waals surface area (Å²) in [6.45, 7) is 5.84. The highest BCUT2D eigenvalue weighted by Gasteiger charge is 2.11. The molecule has 0 radical (unpaired) electrons. The first-order chi connectivity index (χ1) is 17.0. The van der Waals surface area contributed by atoms with Crippen LogP contribution in [0.2, 0.25) is 5.02 Å². The van der Waals surface area contributed by atoms with Crippen molar-refractivity contribution in [1.82, 2.24) is 14.9 Å². The molecule has 6 heteroatoms. The van der Waals surface area contributed by atoms with Crippen LogP contribution < -0.4 is 10.1 Å². The number of para-hydroxylation sites is 2. The van der Waals surface area contributed by atoms with Crippen molar-refractivity contribution in [3.8, 4) is 5.75 Å². The molecule has 4 rings (SSSR count). The summed E-state index contributed by atoms with van der Waals surface area (Å²) in [6.07, 6.45) is 2.88. The average Bonchev–Trinajstić information content (AvgIpc) is 3.22. The Bertz CT molecular complexity index is 1260. The summed E-state index contributed by atoms with van der Waals surface area (Å²) in [6, 6.07) is 22.2. The summed E-state index contributed by atoms with van der Waals surface area (Å²) >= 11 is 6.28. The zero-order valence-electron chi connectivity index (χ0n) is 20.4. The van der Waals surface area contributed by atoms with E-state index >= 15 is 0 Å². The standard InChI is InChI=1S/C29H32ClN3O2/c1-21-19-24(20-22(2)29(21)30)35-18-17-33-26-12-7-6-11-25(26)32-27(33)13-8-16-31-28(34)15-14-23-9-4-3-5-10-23/h3-7,9-12,19-20H,8,13-18H2,1-2H3,(H,31,34). The third-order valence-corrected chi connectivity index (χ3v) is 6.71. The molecule has 0 fully saturated rings. The molecular formula is C29H32ClN3O2. The van der Waals surface area contributed by atoms with E-state index in [4.69, 9.17) is 21.3 Å². The molecule has 0 aliphatic rings. The summed E-state index contributed by atoms with van der Waals surface area (Å²) in [5.41, 5.74) is 5.29. The van der Waals surface area contributed by atoms with Crippen LogP contribution in [0.5, 0.6) is 5.75 Å². The van der Waals surface area contributed by atoms with Crippen LogP contribution in [-0.4, -0.2) is 28.6 Å². The fourth-order valence-electron chi connectivity index (χ4n) is 4.28. The highest BCUT2D eigenvalue weighted by atomic mass is 35.5. The summed E-state index contributed by atoms with van der Waals surface area (Å²) in [5.74, 6) is 1.93. The second-order valence-electron chi connectivity index (χ2n) is 8.83. The largest absolute Gasteiger partial charge is 0.492 e. The molecule has 0 aliphatic carbocycles. The minimum atomic E-state index is 0.0873. The van der Waals surface area contributed by atoms with Crippen molar-refractivity contribution in [3.63, 3.8) is 0 Å². The van der Waals surface area contributed by atoms with Crippen LogP contribution in [0, 0.1) is 13.8 Å². The van der Waals surface area contributed by atoms with E-state index in [0.717, 1.165) is 58.0 Å². The summed E-state index contributed by atoms with van der Waals surface area (Å²) in [7, 11) is 0. The molecule has 182 valence electrons. The molecule has 1 aromatic heterocycles. The van der Waals surface area contributed by atoms with Gasteiger partial charge >= 0.3 is 0 Å². The second kappa shape index (κ2) is 11.9. The topological polar surface area (TPSA) is 56.1 Å². The molecular weight excluding hydrogens is 458 g/mol. The molecule has 1 heterocycles. The maximum Gasteiger partial charge on any atom is 0.220 e. The molecule has 0 saturated heterocycles. The number of nitrogens with one attached hydrogen (secondary N) is 1. The minimum Gasteiger partial charge on any atom is -0.492 e. The van der Waals surface area contributed by atoms with Crippen LogP contribution in [0.1, 0.15) is 35.4 Å². The Labute approximate surface area is 212 Å². The number of carbonyl (C=O) groups is 1. The van der Waals surface area contributed by atoms with E-state index in [1.165, 1.54) is 5.56 Å². The van der Waals surface area contributed by atoms with E-state index in [-0.39, 0.29) is 5.91 Å². The molecule has 4 aromatic rings. The Hall–Kier alpha value is -3.31. The van der Waals surface area contributed by atoms with Gasteiger partial charge in [0.05, 0.1) is 17.6 Å². The zero-order chi connectivity index (χ0) is 24.6. The van der Waals surface area contributed by atoms with Gasteiger partial charge in [0.1, 0.15) is 18.2 Å². The molecule has 0 aliphatic heterocycles. The van der Waals surface area contributed by atoms with E-state index in [2.05, 4.69) is 28.1 Å². The molecule has 1 N–H and O–H groups in total. The van der Waals surface area contributed by atoms with E-state index in [0.29, 0.717) is 26.1 Å². The number of halogens is 1. The minimum absolute atomic E-state index is 0.0873. The second-order valence-corrected chi connectivity index (χ2v) is 9.20. The number of rotatable bonds is 11. The first-order valence-electron chi connectivity index (χ1n) is 12.2. The highest BCUT2D eigenvalue weighted by molar-refractivity contribution is 6.32. The van der Waals surface area contributed by atoms with E-state index < -0.39 is 0 Å². The summed E-state index contributed by atoms with van der Waals surface area (Å²) in [5, 5.41) is 3.83. The Kier molecular flexibility index (Phi) is 8.43. The fourth-order valence-corrected chi connectivity index (χ4v) is 4.38. The molecule has 0 spiro atoms. The number of imidazole rings is 1. The normalized spacial score (nSPS) is 11.1. The van der Waals surface area contributed by atoms with Gasteiger partial charge in [-0.2, -0.15) is 0 Å². The fraction of sp³-hybridized carbons (Fsp3) is 0.310. The average molecular weight is 490 g/mol. The lowest BCUT2D eigenvalue weighted by Crippen LogP contribution is -2.25. The van der Waals surface area contributed by atoms with Gasteiger partial charge in [-0.3, -0.25) is 4.79 Å². The number of aryl methyl sites for hydroxylation is 4. The molecule has 0 saturated carbocycles. The highest BCUT2D eigenvalue weighted by Crippen LogP contribution is 2.26. The van der Waals surface area contributed by atoms with Gasteiger partial charge in [-0.05, 0) is 67.6 Å². The zero-order valence-corrected chi connectivity index (χ0v) is 21.1. The van der Waals surface area contributed by atoms with E-state index in [1.54, 1.807) is 0 Å². The van der Waals surface area contributed by atoms with Gasteiger partial charge in [0, 0.05) is 24.4 Å². The van der Waals surface area contributed by atoms with Crippen LogP contribution >= 0.6 is 11.6 Å². The first kappa shape index (κ1) is 24.8. The number of fused-ring (bicyclic) bond motifs is 1. The van der Waals surface area contributed by atoms with E-state index in [9.17, 15) is 4.79 Å². The lowest BCUT2D eigenvalue weighted by molar-refractivity contribution is -0.121. The van der Waals surface area contributed by atoms with E-state index in [1.807, 2.05) is 62.4 Å². The van der Waals surface area contributed by atoms with Crippen molar-refractivity contribution in [2.24, 2.45) is 0 Å². The van der Waals surface area contributed by atoms with Crippen molar-refractivity contribution in [1.29, 1.82) is 0 Å². The molecule has 0 atom stereocenters. The van der Waals surface area contributed by atoms with Crippen molar-refractivity contribution in [3.05, 3.63) is 94.3 Å². The van der Waals surface area contributed by atoms with Gasteiger partial charge < -0.3 is 14.6 Å². The van der Waals surface area contributed by atoms with Crippen LogP contribution in [0.4, 0.5) is 0 Å².